The number of nitrogens with one attached hydrogen (secondary N) is 2. The topological polar surface area (TPSA) is 120 Å². The molecule has 0 spiro atoms. The van der Waals surface area contributed by atoms with Gasteiger partial charge in [0, 0.05) is 61.6 Å². The van der Waals surface area contributed by atoms with Gasteiger partial charge >= 0.3 is 0 Å². The Labute approximate surface area is 281 Å². The second-order valence-electron chi connectivity index (χ2n) is 10.5. The molecule has 0 atom stereocenters. The molecule has 4 N–H and O–H groups in total. The number of hydrogen-bond acceptors (Lipinski definition) is 10. The van der Waals surface area contributed by atoms with Crippen LogP contribution in [0.1, 0.15) is 22.3 Å². The first kappa shape index (κ1) is 35.7. The summed E-state index contributed by atoms with van der Waals surface area (Å²) in [5.41, 5.74) is 5.28. The Morgan fingerprint density at radius 2 is 1.11 bits per heavy atom. The highest BCUT2D eigenvalue weighted by Crippen LogP contribution is 2.37. The van der Waals surface area contributed by atoms with Crippen molar-refractivity contribution < 1.29 is 38.6 Å². The van der Waals surface area contributed by atoms with E-state index < -0.39 is 0 Å². The SMILES string of the molecule is COc1cc(OCc2cccc(-c3cccc(COc4cc(OC)c(CNCCO)c(OC)c4)c3Cl)c2)cc(OC)c1CNCCO. The lowest BCUT2D eigenvalue weighted by molar-refractivity contribution is 0.289. The average Bonchev–Trinajstić information content (AvgIpc) is 3.10. The Morgan fingerprint density at radius 3 is 1.60 bits per heavy atom. The van der Waals surface area contributed by atoms with Crippen molar-refractivity contribution in [2.24, 2.45) is 0 Å². The van der Waals surface area contributed by atoms with Gasteiger partial charge in [0.1, 0.15) is 47.7 Å². The van der Waals surface area contributed by atoms with Crippen LogP contribution in [0.3, 0.4) is 0 Å². The van der Waals surface area contributed by atoms with E-state index in [4.69, 9.17) is 50.2 Å². The zero-order valence-corrected chi connectivity index (χ0v) is 28.0. The molecule has 4 rings (SSSR count). The van der Waals surface area contributed by atoms with Crippen LogP contribution in [0.4, 0.5) is 0 Å². The van der Waals surface area contributed by atoms with E-state index >= 15 is 0 Å². The summed E-state index contributed by atoms with van der Waals surface area (Å²) < 4.78 is 34.7. The van der Waals surface area contributed by atoms with E-state index in [1.807, 2.05) is 66.7 Å². The zero-order chi connectivity index (χ0) is 33.6. The standard InChI is InChI=1S/C36H43ClN2O8/c1-42-32-16-27(17-33(43-2)30(32)20-38-11-13-40)46-22-24-7-5-8-25(15-24)29-10-6-9-26(36(29)37)23-47-28-18-34(44-3)31(21-39-12-14-41)35(19-28)45-4/h5-10,15-19,38-41H,11-14,20-23H2,1-4H3. The van der Waals surface area contributed by atoms with Crippen molar-refractivity contribution in [3.8, 4) is 45.6 Å². The molecule has 10 nitrogen and oxygen atoms in total. The molecule has 0 aliphatic carbocycles. The summed E-state index contributed by atoms with van der Waals surface area (Å²) in [4.78, 5) is 0. The van der Waals surface area contributed by atoms with E-state index in [0.29, 0.717) is 72.3 Å². The van der Waals surface area contributed by atoms with Crippen LogP contribution >= 0.6 is 11.6 Å². The minimum Gasteiger partial charge on any atom is -0.496 e. The molecule has 11 heteroatoms. The monoisotopic (exact) mass is 666 g/mol. The number of aliphatic hydroxyl groups excluding tert-OH is 2. The van der Waals surface area contributed by atoms with Crippen molar-refractivity contribution in [2.45, 2.75) is 26.3 Å². The molecular weight excluding hydrogens is 624 g/mol. The van der Waals surface area contributed by atoms with Gasteiger partial charge in [-0.2, -0.15) is 0 Å². The third-order valence-corrected chi connectivity index (χ3v) is 7.91. The van der Waals surface area contributed by atoms with Gasteiger partial charge in [-0.15, -0.1) is 0 Å². The predicted octanol–water partition coefficient (Wildman–Crippen LogP) is 5.36. The van der Waals surface area contributed by atoms with Gasteiger partial charge in [0.25, 0.3) is 0 Å². The van der Waals surface area contributed by atoms with Gasteiger partial charge in [-0.25, -0.2) is 0 Å². The van der Waals surface area contributed by atoms with Gasteiger partial charge in [-0.3, -0.25) is 0 Å². The molecule has 0 saturated carbocycles. The number of ether oxygens (including phenoxy) is 6. The summed E-state index contributed by atoms with van der Waals surface area (Å²) >= 11 is 6.94. The third-order valence-electron chi connectivity index (χ3n) is 7.46. The molecule has 4 aromatic carbocycles. The van der Waals surface area contributed by atoms with Gasteiger partial charge in [0.15, 0.2) is 0 Å². The van der Waals surface area contributed by atoms with Crippen molar-refractivity contribution in [3.63, 3.8) is 0 Å². The van der Waals surface area contributed by atoms with Crippen LogP contribution in [0, 0.1) is 0 Å². The average molecular weight is 667 g/mol. The number of rotatable bonds is 19. The molecule has 252 valence electrons. The number of halogens is 1. The molecule has 4 aromatic rings. The van der Waals surface area contributed by atoms with E-state index in [2.05, 4.69) is 10.6 Å². The van der Waals surface area contributed by atoms with Gasteiger partial charge in [-0.05, 0) is 17.2 Å². The maximum atomic E-state index is 9.11. The lowest BCUT2D eigenvalue weighted by atomic mass is 10.0. The van der Waals surface area contributed by atoms with E-state index in [9.17, 15) is 0 Å². The molecule has 0 aliphatic heterocycles. The van der Waals surface area contributed by atoms with Crippen LogP contribution in [0.2, 0.25) is 5.02 Å². The molecule has 0 heterocycles. The second-order valence-corrected chi connectivity index (χ2v) is 10.8. The van der Waals surface area contributed by atoms with Crippen LogP contribution in [0.5, 0.6) is 34.5 Å². The minimum atomic E-state index is 0.0371. The first-order chi connectivity index (χ1) is 23.0. The van der Waals surface area contributed by atoms with Gasteiger partial charge < -0.3 is 49.3 Å². The summed E-state index contributed by atoms with van der Waals surface area (Å²) in [6, 6.07) is 21.2. The molecule has 0 unspecified atom stereocenters. The normalized spacial score (nSPS) is 10.9. The molecule has 0 radical (unpaired) electrons. The maximum absolute atomic E-state index is 9.11. The predicted molar refractivity (Wildman–Crippen MR) is 182 cm³/mol. The van der Waals surface area contributed by atoms with Gasteiger partial charge in [-0.1, -0.05) is 48.0 Å². The highest BCUT2D eigenvalue weighted by atomic mass is 35.5. The van der Waals surface area contributed by atoms with E-state index in [-0.39, 0.29) is 19.8 Å². The molecule has 0 fully saturated rings. The molecule has 0 bridgehead atoms. The lowest BCUT2D eigenvalue weighted by Crippen LogP contribution is -2.18. The minimum absolute atomic E-state index is 0.0371. The Morgan fingerprint density at radius 1 is 0.617 bits per heavy atom. The van der Waals surface area contributed by atoms with Crippen molar-refractivity contribution in [1.82, 2.24) is 10.6 Å². The van der Waals surface area contributed by atoms with Gasteiger partial charge in [0.2, 0.25) is 0 Å². The Bertz CT molecular complexity index is 1550. The molecule has 47 heavy (non-hydrogen) atoms. The van der Waals surface area contributed by atoms with Gasteiger partial charge in [0.05, 0.1) is 57.8 Å². The summed E-state index contributed by atoms with van der Waals surface area (Å²) in [5, 5.41) is 25.1. The zero-order valence-electron chi connectivity index (χ0n) is 27.2. The summed E-state index contributed by atoms with van der Waals surface area (Å²) in [7, 11) is 6.39. The molecule has 0 aliphatic rings. The summed E-state index contributed by atoms with van der Waals surface area (Å²) in [6.45, 7) is 2.51. The van der Waals surface area contributed by atoms with Crippen LogP contribution in [-0.4, -0.2) is 65.0 Å². The van der Waals surface area contributed by atoms with Crippen molar-refractivity contribution in [2.75, 3.05) is 54.7 Å². The highest BCUT2D eigenvalue weighted by molar-refractivity contribution is 6.34. The third kappa shape index (κ3) is 9.43. The number of methoxy groups -OCH3 is 4. The first-order valence-electron chi connectivity index (χ1n) is 15.2. The Balaban J connectivity index is 1.48. The second kappa shape index (κ2) is 18.2. The van der Waals surface area contributed by atoms with E-state index in [0.717, 1.165) is 33.4 Å². The summed E-state index contributed by atoms with van der Waals surface area (Å²) in [5.74, 6) is 3.68. The van der Waals surface area contributed by atoms with Crippen molar-refractivity contribution in [3.05, 3.63) is 94.0 Å². The van der Waals surface area contributed by atoms with Crippen LogP contribution < -0.4 is 39.1 Å². The van der Waals surface area contributed by atoms with Crippen molar-refractivity contribution in [1.29, 1.82) is 0 Å². The Hall–Kier alpha value is -4.19. The van der Waals surface area contributed by atoms with Crippen LogP contribution in [0.15, 0.2) is 66.7 Å². The molecule has 0 amide bonds. The molecule has 0 aromatic heterocycles. The fraction of sp³-hybridized carbons (Fsp3) is 0.333. The Kier molecular flexibility index (Phi) is 13.8. The van der Waals surface area contributed by atoms with E-state index in [1.165, 1.54) is 0 Å². The van der Waals surface area contributed by atoms with Crippen LogP contribution in [-0.2, 0) is 26.3 Å². The largest absolute Gasteiger partial charge is 0.496 e. The van der Waals surface area contributed by atoms with Crippen molar-refractivity contribution >= 4 is 11.6 Å². The fourth-order valence-corrected chi connectivity index (χ4v) is 5.38. The number of aliphatic hydroxyl groups is 2. The molecule has 0 saturated heterocycles. The lowest BCUT2D eigenvalue weighted by Gasteiger charge is -2.17. The van der Waals surface area contributed by atoms with Crippen LogP contribution in [0.25, 0.3) is 11.1 Å². The maximum Gasteiger partial charge on any atom is 0.130 e. The fourth-order valence-electron chi connectivity index (χ4n) is 5.09. The highest BCUT2D eigenvalue weighted by Gasteiger charge is 2.16. The quantitative estimate of drug-likeness (QED) is 0.0974. The first-order valence-corrected chi connectivity index (χ1v) is 15.6. The smallest absolute Gasteiger partial charge is 0.130 e. The van der Waals surface area contributed by atoms with E-state index in [1.54, 1.807) is 28.4 Å². The molecular formula is C36H43ClN2O8. The number of hydrogen-bond donors (Lipinski definition) is 4. The summed E-state index contributed by atoms with van der Waals surface area (Å²) in [6.07, 6.45) is 0. The number of benzene rings is 4.